The minimum atomic E-state index is -4.84. The molecule has 2 aliphatic rings. The molecule has 232 valence electrons. The molecule has 2 N–H and O–H groups in total. The first-order chi connectivity index (χ1) is 20.7. The van der Waals surface area contributed by atoms with Crippen molar-refractivity contribution in [3.8, 4) is 11.1 Å². The van der Waals surface area contributed by atoms with Crippen molar-refractivity contribution in [2.45, 2.75) is 50.4 Å². The van der Waals surface area contributed by atoms with E-state index in [4.69, 9.17) is 4.74 Å². The molecule has 1 spiro atoms. The maximum atomic E-state index is 13.7. The standard InChI is InChI=1S/C29H27F4N5O6/c1-16(29(31,32)33)37(12-17-3-6-20(30)7-4-17)25(41)15-38-26(42)28(44-27(38)43)10-23(39)21-9-18(5-8-22(21)28)19-11-35-36(13-19)14-24(40)34-2/h3-9,11,13,16,23,39H,10,12,14-15H2,1-2H3,(H,34,40)/t16-,23+,28+/m0/s1. The van der Waals surface area contributed by atoms with E-state index in [0.717, 1.165) is 19.1 Å². The lowest BCUT2D eigenvalue weighted by Gasteiger charge is -2.31. The molecule has 0 unspecified atom stereocenters. The quantitative estimate of drug-likeness (QED) is 0.371. The van der Waals surface area contributed by atoms with Crippen molar-refractivity contribution in [1.29, 1.82) is 0 Å². The van der Waals surface area contributed by atoms with Crippen LogP contribution in [-0.4, -0.2) is 74.3 Å². The molecule has 2 aromatic carbocycles. The van der Waals surface area contributed by atoms with Crippen LogP contribution in [0.25, 0.3) is 11.1 Å². The van der Waals surface area contributed by atoms with Gasteiger partial charge in [0.1, 0.15) is 24.9 Å². The first kappa shape index (κ1) is 30.7. The van der Waals surface area contributed by atoms with Gasteiger partial charge in [-0.25, -0.2) is 14.1 Å². The Morgan fingerprint density at radius 2 is 1.86 bits per heavy atom. The Morgan fingerprint density at radius 1 is 1.16 bits per heavy atom. The number of hydrogen-bond donors (Lipinski definition) is 2. The van der Waals surface area contributed by atoms with Crippen LogP contribution in [0.4, 0.5) is 22.4 Å². The Labute approximate surface area is 248 Å². The minimum Gasteiger partial charge on any atom is -0.427 e. The normalized spacial score (nSPS) is 20.1. The number of alkyl halides is 3. The monoisotopic (exact) mass is 617 g/mol. The van der Waals surface area contributed by atoms with Gasteiger partial charge in [-0.2, -0.15) is 18.3 Å². The highest BCUT2D eigenvalue weighted by Crippen LogP contribution is 2.50. The van der Waals surface area contributed by atoms with Gasteiger partial charge in [0, 0.05) is 37.3 Å². The van der Waals surface area contributed by atoms with Crippen molar-refractivity contribution >= 4 is 23.8 Å². The van der Waals surface area contributed by atoms with E-state index in [2.05, 4.69) is 10.4 Å². The zero-order valence-corrected chi connectivity index (χ0v) is 23.5. The third kappa shape index (κ3) is 5.62. The molecular weight excluding hydrogens is 590 g/mol. The van der Waals surface area contributed by atoms with Crippen molar-refractivity contribution in [1.82, 2.24) is 24.9 Å². The van der Waals surface area contributed by atoms with Crippen molar-refractivity contribution < 1.29 is 46.6 Å². The Hall–Kier alpha value is -4.79. The summed E-state index contributed by atoms with van der Waals surface area (Å²) in [5, 5.41) is 17.5. The molecule has 0 saturated carbocycles. The van der Waals surface area contributed by atoms with Gasteiger partial charge in [-0.05, 0) is 41.8 Å². The number of amides is 4. The summed E-state index contributed by atoms with van der Waals surface area (Å²) in [6, 6.07) is 6.89. The number of imide groups is 1. The lowest BCUT2D eigenvalue weighted by Crippen LogP contribution is -2.51. The largest absolute Gasteiger partial charge is 0.427 e. The number of aromatic nitrogens is 2. The Balaban J connectivity index is 1.39. The van der Waals surface area contributed by atoms with Crippen LogP contribution in [0.5, 0.6) is 0 Å². The van der Waals surface area contributed by atoms with Crippen LogP contribution in [0, 0.1) is 5.82 Å². The molecule has 2 heterocycles. The van der Waals surface area contributed by atoms with E-state index in [0.29, 0.717) is 20.9 Å². The second-order valence-corrected chi connectivity index (χ2v) is 10.6. The van der Waals surface area contributed by atoms with E-state index in [1.807, 2.05) is 0 Å². The number of halogens is 4. The second kappa shape index (κ2) is 11.4. The van der Waals surface area contributed by atoms with Crippen molar-refractivity contribution in [2.75, 3.05) is 13.6 Å². The van der Waals surface area contributed by atoms with E-state index in [9.17, 15) is 41.8 Å². The molecule has 4 amide bonds. The van der Waals surface area contributed by atoms with Crippen LogP contribution in [0.15, 0.2) is 54.9 Å². The second-order valence-electron chi connectivity index (χ2n) is 10.6. The summed E-state index contributed by atoms with van der Waals surface area (Å²) in [6.45, 7) is -0.868. The summed E-state index contributed by atoms with van der Waals surface area (Å²) in [4.78, 5) is 52.3. The van der Waals surface area contributed by atoms with E-state index < -0.39 is 60.7 Å². The number of benzene rings is 2. The van der Waals surface area contributed by atoms with Crippen molar-refractivity contribution in [2.24, 2.45) is 0 Å². The Bertz CT molecular complexity index is 1620. The SMILES string of the molecule is CNC(=O)Cn1cc(-c2ccc3c(c2)[C@H](O)C[C@@]32OC(=O)N(CC(=O)N(Cc3ccc(F)cc3)[C@@H](C)C(F)(F)F)C2=O)cn1. The van der Waals surface area contributed by atoms with Gasteiger partial charge in [-0.15, -0.1) is 0 Å². The summed E-state index contributed by atoms with van der Waals surface area (Å²) < 4.78 is 61.3. The summed E-state index contributed by atoms with van der Waals surface area (Å²) in [5.41, 5.74) is -0.140. The third-order valence-electron chi connectivity index (χ3n) is 7.77. The number of likely N-dealkylation sites (N-methyl/N-ethyl adjacent to an activating group) is 1. The number of aliphatic hydroxyl groups is 1. The molecule has 3 aromatic rings. The topological polar surface area (TPSA) is 134 Å². The molecule has 1 fully saturated rings. The lowest BCUT2D eigenvalue weighted by molar-refractivity contribution is -0.187. The molecule has 0 bridgehead atoms. The highest BCUT2D eigenvalue weighted by molar-refractivity contribution is 6.06. The molecule has 1 saturated heterocycles. The highest BCUT2D eigenvalue weighted by Gasteiger charge is 2.61. The number of rotatable bonds is 8. The summed E-state index contributed by atoms with van der Waals surface area (Å²) >= 11 is 0. The number of carbonyl (C=O) groups is 4. The molecule has 1 aliphatic heterocycles. The fourth-order valence-electron chi connectivity index (χ4n) is 5.32. The van der Waals surface area contributed by atoms with Crippen LogP contribution in [0.2, 0.25) is 0 Å². The van der Waals surface area contributed by atoms with Crippen LogP contribution in [0.1, 0.15) is 36.1 Å². The predicted octanol–water partition coefficient (Wildman–Crippen LogP) is 3.03. The molecular formula is C29H27F4N5O6. The van der Waals surface area contributed by atoms with Crippen molar-refractivity contribution in [3.05, 3.63) is 77.4 Å². The number of carbonyl (C=O) groups excluding carboxylic acids is 4. The third-order valence-corrected chi connectivity index (χ3v) is 7.77. The minimum absolute atomic E-state index is 0.0186. The Kier molecular flexibility index (Phi) is 7.92. The number of fused-ring (bicyclic) bond motifs is 2. The number of nitrogens with zero attached hydrogens (tertiary/aromatic N) is 4. The number of nitrogens with one attached hydrogen (secondary N) is 1. The number of aliphatic hydroxyl groups excluding tert-OH is 1. The average molecular weight is 618 g/mol. The summed E-state index contributed by atoms with van der Waals surface area (Å²) in [6.07, 6.45) is -4.58. The van der Waals surface area contributed by atoms with Gasteiger partial charge in [-0.3, -0.25) is 19.1 Å². The van der Waals surface area contributed by atoms with E-state index in [1.54, 1.807) is 18.3 Å². The molecule has 1 aliphatic carbocycles. The molecule has 3 atom stereocenters. The summed E-state index contributed by atoms with van der Waals surface area (Å²) in [5.74, 6) is -3.07. The zero-order chi connectivity index (χ0) is 32.0. The molecule has 15 heteroatoms. The van der Waals surface area contributed by atoms with Gasteiger partial charge in [0.05, 0.1) is 12.3 Å². The zero-order valence-electron chi connectivity index (χ0n) is 23.5. The molecule has 1 aromatic heterocycles. The first-order valence-electron chi connectivity index (χ1n) is 13.4. The van der Waals surface area contributed by atoms with Gasteiger partial charge in [-0.1, -0.05) is 24.3 Å². The fraction of sp³-hybridized carbons (Fsp3) is 0.345. The van der Waals surface area contributed by atoms with E-state index in [-0.39, 0.29) is 35.6 Å². The molecule has 11 nitrogen and oxygen atoms in total. The smallest absolute Gasteiger partial charge is 0.418 e. The first-order valence-corrected chi connectivity index (χ1v) is 13.4. The fourth-order valence-corrected chi connectivity index (χ4v) is 5.32. The van der Waals surface area contributed by atoms with Gasteiger partial charge >= 0.3 is 12.3 Å². The highest BCUT2D eigenvalue weighted by atomic mass is 19.4. The van der Waals surface area contributed by atoms with Crippen LogP contribution < -0.4 is 5.32 Å². The van der Waals surface area contributed by atoms with Crippen LogP contribution in [-0.2, 0) is 37.8 Å². The number of hydrogen-bond acceptors (Lipinski definition) is 7. The van der Waals surface area contributed by atoms with Gasteiger partial charge in [0.2, 0.25) is 17.4 Å². The van der Waals surface area contributed by atoms with Gasteiger partial charge in [0.15, 0.2) is 0 Å². The van der Waals surface area contributed by atoms with Crippen LogP contribution >= 0.6 is 0 Å². The van der Waals surface area contributed by atoms with E-state index in [1.165, 1.54) is 36.1 Å². The Morgan fingerprint density at radius 3 is 2.52 bits per heavy atom. The van der Waals surface area contributed by atoms with Gasteiger partial charge < -0.3 is 20.1 Å². The van der Waals surface area contributed by atoms with Crippen molar-refractivity contribution in [3.63, 3.8) is 0 Å². The summed E-state index contributed by atoms with van der Waals surface area (Å²) in [7, 11) is 1.49. The maximum absolute atomic E-state index is 13.7. The van der Waals surface area contributed by atoms with E-state index >= 15 is 0 Å². The lowest BCUT2D eigenvalue weighted by atomic mass is 9.93. The average Bonchev–Trinajstić information content (AvgIpc) is 3.62. The number of ether oxygens (including phenoxy) is 1. The molecule has 5 rings (SSSR count). The maximum Gasteiger partial charge on any atom is 0.418 e. The predicted molar refractivity (Wildman–Crippen MR) is 144 cm³/mol. The molecule has 0 radical (unpaired) electrons. The van der Waals surface area contributed by atoms with Gasteiger partial charge in [0.25, 0.3) is 5.91 Å². The molecule has 44 heavy (non-hydrogen) atoms. The van der Waals surface area contributed by atoms with Crippen LogP contribution in [0.3, 0.4) is 0 Å².